The Morgan fingerprint density at radius 3 is 2.89 bits per heavy atom. The molecule has 1 saturated heterocycles. The quantitative estimate of drug-likeness (QED) is 0.899. The average molecular weight is 281 g/mol. The third-order valence-electron chi connectivity index (χ3n) is 3.87. The number of hydrogen-bond acceptors (Lipinski definition) is 4. The third-order valence-corrected chi connectivity index (χ3v) is 5.18. The molecule has 2 atom stereocenters. The van der Waals surface area contributed by atoms with Crippen LogP contribution in [0.5, 0.6) is 0 Å². The highest BCUT2D eigenvalue weighted by molar-refractivity contribution is 7.11. The van der Waals surface area contributed by atoms with Gasteiger partial charge in [-0.2, -0.15) is 0 Å². The lowest BCUT2D eigenvalue weighted by molar-refractivity contribution is 0.143. The molecule has 0 radical (unpaired) electrons. The van der Waals surface area contributed by atoms with Gasteiger partial charge in [0.05, 0.1) is 6.04 Å². The van der Waals surface area contributed by atoms with Crippen LogP contribution in [0.4, 0.5) is 0 Å². The van der Waals surface area contributed by atoms with E-state index in [0.29, 0.717) is 12.1 Å². The van der Waals surface area contributed by atoms with Gasteiger partial charge < -0.3 is 5.32 Å². The lowest BCUT2D eigenvalue weighted by atomic mass is 10.0. The minimum absolute atomic E-state index is 0.460. The predicted molar refractivity (Wildman–Crippen MR) is 82.7 cm³/mol. The van der Waals surface area contributed by atoms with E-state index in [0.717, 1.165) is 32.0 Å². The highest BCUT2D eigenvalue weighted by Crippen LogP contribution is 2.26. The lowest BCUT2D eigenvalue weighted by Crippen LogP contribution is -2.51. The van der Waals surface area contributed by atoms with E-state index in [1.54, 1.807) is 0 Å². The minimum atomic E-state index is 0.460. The van der Waals surface area contributed by atoms with Gasteiger partial charge in [0, 0.05) is 36.8 Å². The molecule has 108 valence electrons. The van der Waals surface area contributed by atoms with E-state index in [4.69, 9.17) is 0 Å². The minimum Gasteiger partial charge on any atom is -0.311 e. The summed E-state index contributed by atoms with van der Waals surface area (Å²) in [6.45, 7) is 12.5. The highest BCUT2D eigenvalue weighted by atomic mass is 32.1. The largest absolute Gasteiger partial charge is 0.311 e. The summed E-state index contributed by atoms with van der Waals surface area (Å²) < 4.78 is 0. The van der Waals surface area contributed by atoms with Crippen LogP contribution in [0.1, 0.15) is 50.0 Å². The molecule has 3 nitrogen and oxygen atoms in total. The van der Waals surface area contributed by atoms with Crippen LogP contribution in [0.15, 0.2) is 6.20 Å². The first kappa shape index (κ1) is 14.9. The molecule has 1 aromatic rings. The van der Waals surface area contributed by atoms with E-state index in [9.17, 15) is 0 Å². The molecule has 1 aliphatic rings. The summed E-state index contributed by atoms with van der Waals surface area (Å²) in [5.74, 6) is 0.763. The Labute approximate surface area is 121 Å². The van der Waals surface area contributed by atoms with Crippen molar-refractivity contribution in [2.24, 2.45) is 5.92 Å². The van der Waals surface area contributed by atoms with E-state index in [2.05, 4.69) is 42.9 Å². The van der Waals surface area contributed by atoms with Gasteiger partial charge in [-0.1, -0.05) is 20.8 Å². The second-order valence-corrected chi connectivity index (χ2v) is 7.12. The summed E-state index contributed by atoms with van der Waals surface area (Å²) in [6, 6.07) is 1.10. The summed E-state index contributed by atoms with van der Waals surface area (Å²) in [5, 5.41) is 4.92. The number of thiazole rings is 1. The van der Waals surface area contributed by atoms with Crippen LogP contribution in [0.25, 0.3) is 0 Å². The Morgan fingerprint density at radius 1 is 1.47 bits per heavy atom. The summed E-state index contributed by atoms with van der Waals surface area (Å²) in [4.78, 5) is 8.59. The number of piperazine rings is 1. The van der Waals surface area contributed by atoms with Crippen LogP contribution >= 0.6 is 11.3 Å². The Kier molecular flexibility index (Phi) is 5.37. The molecule has 2 heterocycles. The van der Waals surface area contributed by atoms with Crippen molar-refractivity contribution < 1.29 is 0 Å². The first-order chi connectivity index (χ1) is 9.10. The van der Waals surface area contributed by atoms with Crippen LogP contribution in [0.2, 0.25) is 0 Å². The predicted octanol–water partition coefficient (Wildman–Crippen LogP) is 3.09. The maximum absolute atomic E-state index is 4.60. The molecule has 0 aliphatic carbocycles. The second-order valence-electron chi connectivity index (χ2n) is 5.97. The maximum Gasteiger partial charge on any atom is 0.110 e. The van der Waals surface area contributed by atoms with Gasteiger partial charge in [0.1, 0.15) is 5.01 Å². The van der Waals surface area contributed by atoms with Gasteiger partial charge in [-0.15, -0.1) is 11.3 Å². The summed E-state index contributed by atoms with van der Waals surface area (Å²) in [5.41, 5.74) is 0. The number of aromatic nitrogens is 1. The van der Waals surface area contributed by atoms with Gasteiger partial charge >= 0.3 is 0 Å². The molecule has 1 aliphatic heterocycles. The molecule has 2 unspecified atom stereocenters. The van der Waals surface area contributed by atoms with E-state index in [1.165, 1.54) is 16.3 Å². The number of nitrogens with zero attached hydrogens (tertiary/aromatic N) is 2. The van der Waals surface area contributed by atoms with E-state index in [1.807, 2.05) is 17.5 Å². The molecule has 2 rings (SSSR count). The number of aryl methyl sites for hydroxylation is 1. The summed E-state index contributed by atoms with van der Waals surface area (Å²) in [7, 11) is 0. The SMILES string of the molecule is CCc1cnc(C(C)N2CCNC(CC(C)C)C2)s1. The molecule has 1 fully saturated rings. The lowest BCUT2D eigenvalue weighted by Gasteiger charge is -2.37. The number of hydrogen-bond donors (Lipinski definition) is 1. The Bertz CT molecular complexity index is 388. The van der Waals surface area contributed by atoms with Crippen LogP contribution < -0.4 is 5.32 Å². The van der Waals surface area contributed by atoms with Crippen LogP contribution in [-0.4, -0.2) is 35.6 Å². The van der Waals surface area contributed by atoms with Gasteiger partial charge in [0.2, 0.25) is 0 Å². The molecule has 19 heavy (non-hydrogen) atoms. The highest BCUT2D eigenvalue weighted by Gasteiger charge is 2.25. The van der Waals surface area contributed by atoms with Gasteiger partial charge in [-0.05, 0) is 25.7 Å². The normalized spacial score (nSPS) is 22.9. The molecule has 0 amide bonds. The zero-order valence-electron chi connectivity index (χ0n) is 12.6. The average Bonchev–Trinajstić information content (AvgIpc) is 2.86. The zero-order chi connectivity index (χ0) is 13.8. The van der Waals surface area contributed by atoms with E-state index in [-0.39, 0.29) is 0 Å². The van der Waals surface area contributed by atoms with Crippen LogP contribution in [-0.2, 0) is 6.42 Å². The third kappa shape index (κ3) is 4.01. The fourth-order valence-corrected chi connectivity index (χ4v) is 3.71. The maximum atomic E-state index is 4.60. The van der Waals surface area contributed by atoms with E-state index < -0.39 is 0 Å². The topological polar surface area (TPSA) is 28.2 Å². The fraction of sp³-hybridized carbons (Fsp3) is 0.800. The van der Waals surface area contributed by atoms with Gasteiger partial charge in [-0.25, -0.2) is 4.98 Å². The Hall–Kier alpha value is -0.450. The van der Waals surface area contributed by atoms with Crippen molar-refractivity contribution >= 4 is 11.3 Å². The first-order valence-electron chi connectivity index (χ1n) is 7.52. The van der Waals surface area contributed by atoms with Crippen molar-refractivity contribution in [3.63, 3.8) is 0 Å². The molecular weight excluding hydrogens is 254 g/mol. The Morgan fingerprint density at radius 2 is 2.26 bits per heavy atom. The molecular formula is C15H27N3S. The molecule has 0 aromatic carbocycles. The smallest absolute Gasteiger partial charge is 0.110 e. The molecule has 0 bridgehead atoms. The molecule has 4 heteroatoms. The standard InChI is InChI=1S/C15H27N3S/c1-5-14-9-17-15(19-14)12(4)18-7-6-16-13(10-18)8-11(2)3/h9,11-13,16H,5-8,10H2,1-4H3. The van der Waals surface area contributed by atoms with Crippen LogP contribution in [0.3, 0.4) is 0 Å². The summed E-state index contributed by atoms with van der Waals surface area (Å²) >= 11 is 1.88. The Balaban J connectivity index is 1.96. The number of rotatable bonds is 5. The van der Waals surface area contributed by atoms with Crippen molar-refractivity contribution in [2.45, 2.75) is 52.6 Å². The van der Waals surface area contributed by atoms with Crippen molar-refractivity contribution in [1.82, 2.24) is 15.2 Å². The molecule has 1 N–H and O–H groups in total. The molecule has 1 aromatic heterocycles. The van der Waals surface area contributed by atoms with Crippen molar-refractivity contribution in [3.05, 3.63) is 16.1 Å². The number of nitrogens with one attached hydrogen (secondary N) is 1. The second kappa shape index (κ2) is 6.82. The zero-order valence-corrected chi connectivity index (χ0v) is 13.5. The summed E-state index contributed by atoms with van der Waals surface area (Å²) in [6.07, 6.45) is 4.41. The monoisotopic (exact) mass is 281 g/mol. The van der Waals surface area contributed by atoms with E-state index >= 15 is 0 Å². The first-order valence-corrected chi connectivity index (χ1v) is 8.33. The van der Waals surface area contributed by atoms with Crippen molar-refractivity contribution in [2.75, 3.05) is 19.6 Å². The fourth-order valence-electron chi connectivity index (χ4n) is 2.77. The van der Waals surface area contributed by atoms with Crippen LogP contribution in [0, 0.1) is 5.92 Å². The van der Waals surface area contributed by atoms with Crippen molar-refractivity contribution in [3.8, 4) is 0 Å². The molecule has 0 saturated carbocycles. The van der Waals surface area contributed by atoms with Gasteiger partial charge in [-0.3, -0.25) is 4.90 Å². The molecule has 0 spiro atoms. The van der Waals surface area contributed by atoms with Gasteiger partial charge in [0.25, 0.3) is 0 Å². The van der Waals surface area contributed by atoms with Crippen molar-refractivity contribution in [1.29, 1.82) is 0 Å². The van der Waals surface area contributed by atoms with Gasteiger partial charge in [0.15, 0.2) is 0 Å².